The maximum absolute atomic E-state index is 5.86. The molecule has 19 heavy (non-hydrogen) atoms. The van der Waals surface area contributed by atoms with E-state index >= 15 is 0 Å². The van der Waals surface area contributed by atoms with Crippen LogP contribution in [0.15, 0.2) is 24.5 Å². The lowest BCUT2D eigenvalue weighted by Crippen LogP contribution is -2.39. The van der Waals surface area contributed by atoms with Crippen molar-refractivity contribution < 1.29 is 0 Å². The molecule has 1 saturated heterocycles. The molecular weight excluding hydrogens is 238 g/mol. The molecule has 1 fully saturated rings. The maximum atomic E-state index is 5.86. The van der Waals surface area contributed by atoms with Crippen molar-refractivity contribution in [1.82, 2.24) is 14.9 Å². The molecule has 3 N–H and O–H groups in total. The van der Waals surface area contributed by atoms with E-state index in [1.54, 1.807) is 6.33 Å². The summed E-state index contributed by atoms with van der Waals surface area (Å²) in [6, 6.07) is 6.18. The summed E-state index contributed by atoms with van der Waals surface area (Å²) in [4.78, 5) is 11.0. The molecule has 100 valence electrons. The minimum absolute atomic E-state index is 0.443. The molecule has 0 saturated carbocycles. The number of nitrogens with two attached hydrogens (primary N) is 1. The molecule has 1 aliphatic rings. The number of fused-ring (bicyclic) bond motifs is 1. The molecule has 3 rings (SSSR count). The first kappa shape index (κ1) is 12.2. The predicted molar refractivity (Wildman–Crippen MR) is 78.1 cm³/mol. The molecule has 5 nitrogen and oxygen atoms in total. The fourth-order valence-electron chi connectivity index (χ4n) is 2.67. The highest BCUT2D eigenvalue weighted by Crippen LogP contribution is 2.23. The van der Waals surface area contributed by atoms with Gasteiger partial charge < -0.3 is 16.0 Å². The van der Waals surface area contributed by atoms with Crippen LogP contribution in [0.1, 0.15) is 12.8 Å². The van der Waals surface area contributed by atoms with E-state index in [1.165, 1.54) is 19.4 Å². The Morgan fingerprint density at radius 3 is 3.11 bits per heavy atom. The zero-order chi connectivity index (χ0) is 13.2. The third-order valence-electron chi connectivity index (χ3n) is 3.62. The summed E-state index contributed by atoms with van der Waals surface area (Å²) in [6.07, 6.45) is 4.00. The molecule has 0 aliphatic carbocycles. The lowest BCUT2D eigenvalue weighted by Gasteiger charge is -2.30. The van der Waals surface area contributed by atoms with Gasteiger partial charge >= 0.3 is 0 Å². The Bertz CT molecular complexity index is 583. The van der Waals surface area contributed by atoms with Crippen LogP contribution in [-0.4, -0.2) is 41.0 Å². The van der Waals surface area contributed by atoms with Crippen molar-refractivity contribution in [2.45, 2.75) is 18.9 Å². The second-order valence-corrected chi connectivity index (χ2v) is 5.24. The molecule has 5 heteroatoms. The smallest absolute Gasteiger partial charge is 0.137 e. The number of benzene rings is 1. The molecule has 1 aliphatic heterocycles. The van der Waals surface area contributed by atoms with Gasteiger partial charge in [-0.15, -0.1) is 0 Å². The quantitative estimate of drug-likeness (QED) is 0.802. The lowest BCUT2D eigenvalue weighted by molar-refractivity contribution is 0.261. The maximum Gasteiger partial charge on any atom is 0.137 e. The number of nitrogen functional groups attached to an aromatic ring is 1. The standard InChI is InChI=1S/C14H19N5/c1-19-6-2-3-11(8-19)18-14-12-7-10(15)4-5-13(12)16-9-17-14/h4-5,7,9,11H,2-3,6,8,15H2,1H3,(H,16,17,18). The Morgan fingerprint density at radius 2 is 2.26 bits per heavy atom. The number of piperidine rings is 1. The Balaban J connectivity index is 1.89. The van der Waals surface area contributed by atoms with Gasteiger partial charge in [0.25, 0.3) is 0 Å². The molecule has 2 aromatic rings. The van der Waals surface area contributed by atoms with Crippen LogP contribution in [0.25, 0.3) is 10.9 Å². The number of anilines is 2. The van der Waals surface area contributed by atoms with Crippen LogP contribution in [0.2, 0.25) is 0 Å². The highest BCUT2D eigenvalue weighted by molar-refractivity contribution is 5.91. The molecule has 1 aromatic carbocycles. The summed E-state index contributed by atoms with van der Waals surface area (Å²) >= 11 is 0. The first-order valence-corrected chi connectivity index (χ1v) is 6.68. The molecule has 0 spiro atoms. The Labute approximate surface area is 112 Å². The van der Waals surface area contributed by atoms with Crippen molar-refractivity contribution in [2.75, 3.05) is 31.2 Å². The highest BCUT2D eigenvalue weighted by Gasteiger charge is 2.18. The minimum Gasteiger partial charge on any atom is -0.399 e. The second-order valence-electron chi connectivity index (χ2n) is 5.24. The van der Waals surface area contributed by atoms with Crippen LogP contribution in [0.4, 0.5) is 11.5 Å². The summed E-state index contributed by atoms with van der Waals surface area (Å²) in [5.74, 6) is 0.887. The number of rotatable bonds is 2. The van der Waals surface area contributed by atoms with Gasteiger partial charge in [0.2, 0.25) is 0 Å². The van der Waals surface area contributed by atoms with E-state index < -0.39 is 0 Å². The number of hydrogen-bond donors (Lipinski definition) is 2. The van der Waals surface area contributed by atoms with Crippen LogP contribution in [0, 0.1) is 0 Å². The van der Waals surface area contributed by atoms with E-state index in [1.807, 2.05) is 18.2 Å². The molecule has 1 unspecified atom stereocenters. The third-order valence-corrected chi connectivity index (χ3v) is 3.62. The van der Waals surface area contributed by atoms with E-state index in [9.17, 15) is 0 Å². The molecule has 1 atom stereocenters. The number of likely N-dealkylation sites (tertiary alicyclic amines) is 1. The number of aromatic nitrogens is 2. The van der Waals surface area contributed by atoms with Gasteiger partial charge in [-0.3, -0.25) is 0 Å². The Kier molecular flexibility index (Phi) is 3.21. The fraction of sp³-hybridized carbons (Fsp3) is 0.429. The van der Waals surface area contributed by atoms with E-state index in [4.69, 9.17) is 5.73 Å². The molecule has 1 aromatic heterocycles. The number of nitrogens with zero attached hydrogens (tertiary/aromatic N) is 3. The van der Waals surface area contributed by atoms with E-state index in [2.05, 4.69) is 27.2 Å². The van der Waals surface area contributed by atoms with Crippen molar-refractivity contribution >= 4 is 22.4 Å². The summed E-state index contributed by atoms with van der Waals surface area (Å²) in [5.41, 5.74) is 7.52. The van der Waals surface area contributed by atoms with E-state index in [0.29, 0.717) is 6.04 Å². The van der Waals surface area contributed by atoms with Gasteiger partial charge in [0.05, 0.1) is 5.52 Å². The SMILES string of the molecule is CN1CCCC(Nc2ncnc3ccc(N)cc23)C1. The van der Waals surface area contributed by atoms with Gasteiger partial charge in [-0.2, -0.15) is 0 Å². The van der Waals surface area contributed by atoms with Gasteiger partial charge in [-0.05, 0) is 44.6 Å². The molecular formula is C14H19N5. The van der Waals surface area contributed by atoms with Gasteiger partial charge in [0.15, 0.2) is 0 Å². The summed E-state index contributed by atoms with van der Waals surface area (Å²) < 4.78 is 0. The zero-order valence-corrected chi connectivity index (χ0v) is 11.1. The van der Waals surface area contributed by atoms with Crippen molar-refractivity contribution in [1.29, 1.82) is 0 Å². The first-order valence-electron chi connectivity index (χ1n) is 6.68. The molecule has 0 radical (unpaired) electrons. The van der Waals surface area contributed by atoms with Crippen LogP contribution in [0.5, 0.6) is 0 Å². The number of likely N-dealkylation sites (N-methyl/N-ethyl adjacent to an activating group) is 1. The lowest BCUT2D eigenvalue weighted by atomic mass is 10.1. The zero-order valence-electron chi connectivity index (χ0n) is 11.1. The average Bonchev–Trinajstić information content (AvgIpc) is 2.39. The Hall–Kier alpha value is -1.88. The van der Waals surface area contributed by atoms with Crippen LogP contribution < -0.4 is 11.1 Å². The Morgan fingerprint density at radius 1 is 1.37 bits per heavy atom. The van der Waals surface area contributed by atoms with Crippen LogP contribution in [-0.2, 0) is 0 Å². The highest BCUT2D eigenvalue weighted by atomic mass is 15.2. The monoisotopic (exact) mass is 257 g/mol. The van der Waals surface area contributed by atoms with Crippen LogP contribution >= 0.6 is 0 Å². The fourth-order valence-corrected chi connectivity index (χ4v) is 2.67. The van der Waals surface area contributed by atoms with Crippen molar-refractivity contribution in [2.24, 2.45) is 0 Å². The molecule has 0 amide bonds. The predicted octanol–water partition coefficient (Wildman–Crippen LogP) is 1.72. The van der Waals surface area contributed by atoms with Gasteiger partial charge in [-0.1, -0.05) is 0 Å². The van der Waals surface area contributed by atoms with E-state index in [-0.39, 0.29) is 0 Å². The third kappa shape index (κ3) is 2.61. The second kappa shape index (κ2) is 5.01. The normalized spacial score (nSPS) is 20.6. The molecule has 2 heterocycles. The van der Waals surface area contributed by atoms with Gasteiger partial charge in [0.1, 0.15) is 12.1 Å². The summed E-state index contributed by atoms with van der Waals surface area (Å²) in [7, 11) is 2.16. The summed E-state index contributed by atoms with van der Waals surface area (Å²) in [6.45, 7) is 2.23. The van der Waals surface area contributed by atoms with Gasteiger partial charge in [0, 0.05) is 23.7 Å². The number of nitrogens with one attached hydrogen (secondary N) is 1. The summed E-state index contributed by atoms with van der Waals surface area (Å²) in [5, 5.41) is 4.53. The van der Waals surface area contributed by atoms with E-state index in [0.717, 1.165) is 29.0 Å². The largest absolute Gasteiger partial charge is 0.399 e. The van der Waals surface area contributed by atoms with Crippen molar-refractivity contribution in [3.8, 4) is 0 Å². The van der Waals surface area contributed by atoms with Crippen LogP contribution in [0.3, 0.4) is 0 Å². The topological polar surface area (TPSA) is 67.1 Å². The number of hydrogen-bond acceptors (Lipinski definition) is 5. The molecule has 0 bridgehead atoms. The van der Waals surface area contributed by atoms with Crippen molar-refractivity contribution in [3.63, 3.8) is 0 Å². The first-order chi connectivity index (χ1) is 9.22. The van der Waals surface area contributed by atoms with Crippen molar-refractivity contribution in [3.05, 3.63) is 24.5 Å². The minimum atomic E-state index is 0.443. The van der Waals surface area contributed by atoms with Gasteiger partial charge in [-0.25, -0.2) is 9.97 Å². The average molecular weight is 257 g/mol.